The van der Waals surface area contributed by atoms with E-state index in [1.165, 1.54) is 12.1 Å². The van der Waals surface area contributed by atoms with Gasteiger partial charge in [0.1, 0.15) is 17.7 Å². The lowest BCUT2D eigenvalue weighted by molar-refractivity contribution is 0.0653. The van der Waals surface area contributed by atoms with Gasteiger partial charge in [0.2, 0.25) is 0 Å². The minimum absolute atomic E-state index is 0.390. The average molecular weight is 391 g/mol. The second-order valence-electron chi connectivity index (χ2n) is 6.92. The van der Waals surface area contributed by atoms with Crippen LogP contribution in [-0.2, 0) is 0 Å². The summed E-state index contributed by atoms with van der Waals surface area (Å²) in [5.74, 6) is 0.347. The zero-order valence-electron chi connectivity index (χ0n) is 16.0. The molecule has 0 saturated heterocycles. The van der Waals surface area contributed by atoms with Gasteiger partial charge in [-0.05, 0) is 29.8 Å². The van der Waals surface area contributed by atoms with E-state index in [0.29, 0.717) is 5.56 Å². The number of aliphatic hydroxyl groups is 2. The molecule has 3 aromatic carbocycles. The van der Waals surface area contributed by atoms with Crippen LogP contribution in [0.1, 0.15) is 11.6 Å². The monoisotopic (exact) mass is 391 g/mol. The number of para-hydroxylation sites is 2. The number of fused-ring (bicyclic) bond motifs is 1. The van der Waals surface area contributed by atoms with Crippen molar-refractivity contribution in [1.29, 1.82) is 0 Å². The fraction of sp³-hybridized carbons (Fsp3) is 0.167. The first-order valence-electron chi connectivity index (χ1n) is 9.41. The SMILES string of the molecule is COc1ccccc1-c1cn([C@@H](c2cccc(F)c2)[C@H](O)CO)c2ccccc12. The van der Waals surface area contributed by atoms with Gasteiger partial charge in [-0.3, -0.25) is 0 Å². The van der Waals surface area contributed by atoms with E-state index < -0.39 is 18.8 Å². The molecule has 29 heavy (non-hydrogen) atoms. The number of ether oxygens (including phenoxy) is 1. The lowest BCUT2D eigenvalue weighted by Crippen LogP contribution is -2.28. The summed E-state index contributed by atoms with van der Waals surface area (Å²) < 4.78 is 21.4. The molecule has 0 amide bonds. The molecule has 4 rings (SSSR count). The Bertz CT molecular complexity index is 1140. The van der Waals surface area contributed by atoms with Gasteiger partial charge in [0.25, 0.3) is 0 Å². The standard InChI is InChI=1S/C24H22FNO3/c1-29-23-12-5-3-10-19(23)20-14-26(21-11-4-2-9-18(20)21)24(22(28)15-27)16-7-6-8-17(25)13-16/h2-14,22,24,27-28H,15H2,1H3/t22-,24+/m1/s1. The molecule has 1 aromatic heterocycles. The summed E-state index contributed by atoms with van der Waals surface area (Å²) in [6.45, 7) is -0.447. The maximum absolute atomic E-state index is 13.9. The van der Waals surface area contributed by atoms with Crippen LogP contribution in [0.25, 0.3) is 22.0 Å². The van der Waals surface area contributed by atoms with E-state index in [-0.39, 0.29) is 5.82 Å². The minimum Gasteiger partial charge on any atom is -0.496 e. The minimum atomic E-state index is -1.10. The molecule has 148 valence electrons. The molecule has 2 atom stereocenters. The van der Waals surface area contributed by atoms with Gasteiger partial charge >= 0.3 is 0 Å². The Labute approximate surface area is 168 Å². The summed E-state index contributed by atoms with van der Waals surface area (Å²) in [5.41, 5.74) is 3.31. The van der Waals surface area contributed by atoms with Crippen molar-refractivity contribution >= 4 is 10.9 Å². The third kappa shape index (κ3) is 3.50. The number of benzene rings is 3. The quantitative estimate of drug-likeness (QED) is 0.512. The molecule has 1 heterocycles. The molecule has 0 radical (unpaired) electrons. The molecular weight excluding hydrogens is 369 g/mol. The molecule has 0 bridgehead atoms. The second-order valence-corrected chi connectivity index (χ2v) is 6.92. The van der Waals surface area contributed by atoms with Gasteiger partial charge in [0.15, 0.2) is 0 Å². The summed E-state index contributed by atoms with van der Waals surface area (Å²) in [7, 11) is 1.63. The van der Waals surface area contributed by atoms with E-state index >= 15 is 0 Å². The first kappa shape index (κ1) is 19.2. The molecule has 4 aromatic rings. The first-order valence-corrected chi connectivity index (χ1v) is 9.41. The maximum Gasteiger partial charge on any atom is 0.126 e. The number of rotatable bonds is 6. The zero-order chi connectivity index (χ0) is 20.4. The highest BCUT2D eigenvalue weighted by atomic mass is 19.1. The molecule has 0 aliphatic heterocycles. The van der Waals surface area contributed by atoms with Crippen LogP contribution in [0.3, 0.4) is 0 Å². The molecule has 4 nitrogen and oxygen atoms in total. The van der Waals surface area contributed by atoms with Crippen molar-refractivity contribution in [2.24, 2.45) is 0 Å². The van der Waals surface area contributed by atoms with Gasteiger partial charge in [-0.2, -0.15) is 0 Å². The average Bonchev–Trinajstić information content (AvgIpc) is 3.13. The molecule has 5 heteroatoms. The van der Waals surface area contributed by atoms with Crippen molar-refractivity contribution in [3.63, 3.8) is 0 Å². The lowest BCUT2D eigenvalue weighted by atomic mass is 10.0. The molecule has 0 saturated carbocycles. The van der Waals surface area contributed by atoms with E-state index in [0.717, 1.165) is 27.8 Å². The molecule has 0 spiro atoms. The van der Waals surface area contributed by atoms with Gasteiger partial charge in [0.05, 0.1) is 19.8 Å². The van der Waals surface area contributed by atoms with Crippen molar-refractivity contribution in [1.82, 2.24) is 4.57 Å². The van der Waals surface area contributed by atoms with Crippen molar-refractivity contribution < 1.29 is 19.3 Å². The molecule has 0 aliphatic carbocycles. The van der Waals surface area contributed by atoms with Crippen LogP contribution in [0.5, 0.6) is 5.75 Å². The first-order chi connectivity index (χ1) is 14.1. The Balaban J connectivity index is 1.98. The van der Waals surface area contributed by atoms with Crippen LogP contribution in [-0.4, -0.2) is 34.6 Å². The van der Waals surface area contributed by atoms with E-state index in [1.54, 1.807) is 19.2 Å². The van der Waals surface area contributed by atoms with Gasteiger partial charge in [-0.15, -0.1) is 0 Å². The zero-order valence-corrected chi connectivity index (χ0v) is 16.0. The normalized spacial score (nSPS) is 13.4. The molecule has 0 aliphatic rings. The predicted octanol–water partition coefficient (Wildman–Crippen LogP) is 4.40. The fourth-order valence-corrected chi connectivity index (χ4v) is 3.88. The predicted molar refractivity (Wildman–Crippen MR) is 112 cm³/mol. The van der Waals surface area contributed by atoms with Gasteiger partial charge in [-0.1, -0.05) is 48.5 Å². The highest BCUT2D eigenvalue weighted by Crippen LogP contribution is 2.39. The highest BCUT2D eigenvalue weighted by Gasteiger charge is 2.26. The highest BCUT2D eigenvalue weighted by molar-refractivity contribution is 5.97. The summed E-state index contributed by atoms with van der Waals surface area (Å²) in [5, 5.41) is 21.3. The Morgan fingerprint density at radius 3 is 2.48 bits per heavy atom. The van der Waals surface area contributed by atoms with Crippen LogP contribution in [0.2, 0.25) is 0 Å². The Morgan fingerprint density at radius 1 is 0.966 bits per heavy atom. The van der Waals surface area contributed by atoms with Crippen LogP contribution in [0.4, 0.5) is 4.39 Å². The van der Waals surface area contributed by atoms with Gasteiger partial charge in [-0.25, -0.2) is 4.39 Å². The number of aliphatic hydroxyl groups excluding tert-OH is 2. The molecule has 0 unspecified atom stereocenters. The van der Waals surface area contributed by atoms with E-state index in [2.05, 4.69) is 0 Å². The Morgan fingerprint density at radius 2 is 1.72 bits per heavy atom. The second kappa shape index (κ2) is 8.07. The number of nitrogens with zero attached hydrogens (tertiary/aromatic N) is 1. The fourth-order valence-electron chi connectivity index (χ4n) is 3.88. The third-order valence-electron chi connectivity index (χ3n) is 5.18. The smallest absolute Gasteiger partial charge is 0.126 e. The third-order valence-corrected chi connectivity index (χ3v) is 5.18. The van der Waals surface area contributed by atoms with Gasteiger partial charge in [0, 0.05) is 28.2 Å². The van der Waals surface area contributed by atoms with Crippen LogP contribution in [0, 0.1) is 5.82 Å². The van der Waals surface area contributed by atoms with Crippen molar-refractivity contribution in [2.75, 3.05) is 13.7 Å². The van der Waals surface area contributed by atoms with Gasteiger partial charge < -0.3 is 19.5 Å². The summed E-state index contributed by atoms with van der Waals surface area (Å²) >= 11 is 0. The topological polar surface area (TPSA) is 54.6 Å². The maximum atomic E-state index is 13.9. The molecule has 0 fully saturated rings. The number of halogens is 1. The number of hydrogen-bond acceptors (Lipinski definition) is 3. The lowest BCUT2D eigenvalue weighted by Gasteiger charge is -2.25. The number of hydrogen-bond donors (Lipinski definition) is 2. The van der Waals surface area contributed by atoms with E-state index in [4.69, 9.17) is 4.74 Å². The molecule has 2 N–H and O–H groups in total. The van der Waals surface area contributed by atoms with Crippen molar-refractivity contribution in [3.8, 4) is 16.9 Å². The van der Waals surface area contributed by atoms with Crippen molar-refractivity contribution in [3.05, 3.63) is 90.4 Å². The van der Waals surface area contributed by atoms with E-state index in [9.17, 15) is 14.6 Å². The van der Waals surface area contributed by atoms with Crippen LogP contribution >= 0.6 is 0 Å². The molecular formula is C24H22FNO3. The van der Waals surface area contributed by atoms with Crippen molar-refractivity contribution in [2.45, 2.75) is 12.1 Å². The summed E-state index contributed by atoms with van der Waals surface area (Å²) in [6, 6.07) is 21.0. The number of aromatic nitrogens is 1. The largest absolute Gasteiger partial charge is 0.496 e. The Hall–Kier alpha value is -3.15. The number of methoxy groups -OCH3 is 1. The summed E-state index contributed by atoms with van der Waals surface area (Å²) in [4.78, 5) is 0. The Kier molecular flexibility index (Phi) is 5.34. The van der Waals surface area contributed by atoms with E-state index in [1.807, 2.05) is 59.3 Å². The summed E-state index contributed by atoms with van der Waals surface area (Å²) in [6.07, 6.45) is 0.829. The van der Waals surface area contributed by atoms with Crippen LogP contribution < -0.4 is 4.74 Å². The van der Waals surface area contributed by atoms with Crippen LogP contribution in [0.15, 0.2) is 79.0 Å².